The zero-order chi connectivity index (χ0) is 20.2. The van der Waals surface area contributed by atoms with Gasteiger partial charge in [0.1, 0.15) is 5.82 Å². The summed E-state index contributed by atoms with van der Waals surface area (Å²) in [6.45, 7) is 7.33. The molecule has 2 saturated heterocycles. The molecule has 0 N–H and O–H groups in total. The summed E-state index contributed by atoms with van der Waals surface area (Å²) >= 11 is 0. The van der Waals surface area contributed by atoms with E-state index in [4.69, 9.17) is 4.74 Å². The average Bonchev–Trinajstić information content (AvgIpc) is 3.07. The van der Waals surface area contributed by atoms with Gasteiger partial charge in [-0.25, -0.2) is 4.98 Å². The number of carbonyl (C=O) groups is 1. The van der Waals surface area contributed by atoms with Gasteiger partial charge >= 0.3 is 12.1 Å². The molecular weight excluding hydrogens is 373 g/mol. The molecule has 4 rings (SSSR count). The third kappa shape index (κ3) is 3.10. The molecule has 3 fully saturated rings. The number of esters is 1. The van der Waals surface area contributed by atoms with Gasteiger partial charge in [0.15, 0.2) is 5.69 Å². The van der Waals surface area contributed by atoms with Crippen molar-refractivity contribution in [1.82, 2.24) is 9.97 Å². The molecule has 0 spiro atoms. The Morgan fingerprint density at radius 3 is 2.46 bits per heavy atom. The highest BCUT2D eigenvalue weighted by molar-refractivity contribution is 5.71. The molecule has 1 aromatic rings. The van der Waals surface area contributed by atoms with E-state index in [0.717, 1.165) is 6.42 Å². The molecule has 0 bridgehead atoms. The van der Waals surface area contributed by atoms with E-state index in [1.54, 1.807) is 4.90 Å². The number of aromatic nitrogens is 2. The van der Waals surface area contributed by atoms with Gasteiger partial charge < -0.3 is 14.5 Å². The van der Waals surface area contributed by atoms with Crippen molar-refractivity contribution >= 4 is 23.8 Å². The fourth-order valence-electron chi connectivity index (χ4n) is 4.43. The van der Waals surface area contributed by atoms with Crippen LogP contribution in [0, 0.1) is 17.8 Å². The van der Waals surface area contributed by atoms with E-state index in [-0.39, 0.29) is 47.1 Å². The fourth-order valence-corrected chi connectivity index (χ4v) is 4.43. The molecular formula is C19H23F3N4O2. The van der Waals surface area contributed by atoms with E-state index in [9.17, 15) is 18.0 Å². The van der Waals surface area contributed by atoms with Crippen molar-refractivity contribution in [3.63, 3.8) is 0 Å². The highest BCUT2D eigenvalue weighted by atomic mass is 19.4. The predicted octanol–water partition coefficient (Wildman–Crippen LogP) is 2.98. The number of anilines is 2. The second-order valence-electron chi connectivity index (χ2n) is 7.82. The van der Waals surface area contributed by atoms with Crippen LogP contribution >= 0.6 is 0 Å². The summed E-state index contributed by atoms with van der Waals surface area (Å²) in [7, 11) is 1.36. The minimum absolute atomic E-state index is 0.0738. The van der Waals surface area contributed by atoms with Crippen molar-refractivity contribution in [3.8, 4) is 0 Å². The Morgan fingerprint density at radius 1 is 1.32 bits per heavy atom. The van der Waals surface area contributed by atoms with E-state index in [2.05, 4.69) is 16.5 Å². The first-order valence-electron chi connectivity index (χ1n) is 9.44. The molecule has 2 aliphatic heterocycles. The summed E-state index contributed by atoms with van der Waals surface area (Å²) in [6, 6.07) is 0.125. The lowest BCUT2D eigenvalue weighted by atomic mass is 10.1. The number of rotatable bonds is 5. The van der Waals surface area contributed by atoms with Crippen LogP contribution in [0.25, 0.3) is 6.08 Å². The summed E-state index contributed by atoms with van der Waals surface area (Å²) < 4.78 is 45.7. The first kappa shape index (κ1) is 19.0. The number of fused-ring (bicyclic) bond motifs is 1. The number of halogens is 3. The fraction of sp³-hybridized carbons (Fsp3) is 0.632. The second-order valence-corrected chi connectivity index (χ2v) is 7.82. The number of piperidine rings is 1. The van der Waals surface area contributed by atoms with Crippen LogP contribution in [-0.2, 0) is 15.7 Å². The maximum absolute atomic E-state index is 13.7. The SMILES string of the molecule is C=Cc1c(N2C[C@@H]3[C@@H](CC(=O)OC)[C@@H]3C2)nc(N2CC[C@@H]2C)nc1C(F)(F)F. The van der Waals surface area contributed by atoms with Gasteiger partial charge in [-0.15, -0.1) is 0 Å². The predicted molar refractivity (Wildman–Crippen MR) is 97.9 cm³/mol. The van der Waals surface area contributed by atoms with Gasteiger partial charge in [-0.1, -0.05) is 12.7 Å². The minimum Gasteiger partial charge on any atom is -0.469 e. The van der Waals surface area contributed by atoms with Gasteiger partial charge in [0.25, 0.3) is 0 Å². The number of hydrogen-bond donors (Lipinski definition) is 0. The number of nitrogens with zero attached hydrogens (tertiary/aromatic N) is 4. The molecule has 152 valence electrons. The molecule has 1 aliphatic carbocycles. The molecule has 9 heteroatoms. The Hall–Kier alpha value is -2.32. The Kier molecular flexibility index (Phi) is 4.50. The molecule has 0 radical (unpaired) electrons. The first-order chi connectivity index (χ1) is 13.2. The van der Waals surface area contributed by atoms with E-state index >= 15 is 0 Å². The lowest BCUT2D eigenvalue weighted by Gasteiger charge is -2.39. The quantitative estimate of drug-likeness (QED) is 0.714. The maximum Gasteiger partial charge on any atom is 0.434 e. The van der Waals surface area contributed by atoms with Gasteiger partial charge in [-0.05, 0) is 31.1 Å². The molecule has 1 aromatic heterocycles. The van der Waals surface area contributed by atoms with E-state index in [0.29, 0.717) is 26.1 Å². The van der Waals surface area contributed by atoms with Crippen molar-refractivity contribution in [1.29, 1.82) is 0 Å². The van der Waals surface area contributed by atoms with Crippen molar-refractivity contribution in [2.45, 2.75) is 32.0 Å². The molecule has 6 nitrogen and oxygen atoms in total. The van der Waals surface area contributed by atoms with E-state index in [1.165, 1.54) is 13.2 Å². The molecule has 3 heterocycles. The molecule has 0 unspecified atom stereocenters. The van der Waals surface area contributed by atoms with Crippen molar-refractivity contribution in [2.75, 3.05) is 36.5 Å². The topological polar surface area (TPSA) is 58.6 Å². The highest BCUT2D eigenvalue weighted by Gasteiger charge is 2.57. The standard InChI is InChI=1S/C19H23F3N4O2/c1-4-11-16(19(20,21)22)23-18(26-6-5-10(26)2)24-17(11)25-8-13-12(14(13)9-25)7-15(27)28-3/h4,10,12-14H,1,5-9H2,2-3H3/t10-,12-,13-,14+/m0/s1. The summed E-state index contributed by atoms with van der Waals surface area (Å²) in [6.07, 6.45) is -2.12. The Balaban J connectivity index is 1.63. The summed E-state index contributed by atoms with van der Waals surface area (Å²) in [4.78, 5) is 23.5. The van der Waals surface area contributed by atoms with Crippen LogP contribution in [0.15, 0.2) is 6.58 Å². The summed E-state index contributed by atoms with van der Waals surface area (Å²) in [5.41, 5.74) is -1.01. The smallest absolute Gasteiger partial charge is 0.434 e. The number of ether oxygens (including phenoxy) is 1. The second kappa shape index (κ2) is 6.63. The first-order valence-corrected chi connectivity index (χ1v) is 9.44. The molecule has 4 atom stereocenters. The van der Waals surface area contributed by atoms with Crippen molar-refractivity contribution < 1.29 is 22.7 Å². The molecule has 0 amide bonds. The minimum atomic E-state index is -4.58. The van der Waals surface area contributed by atoms with Crippen LogP contribution in [-0.4, -0.2) is 48.7 Å². The maximum atomic E-state index is 13.7. The largest absolute Gasteiger partial charge is 0.469 e. The van der Waals surface area contributed by atoms with Gasteiger partial charge in [0, 0.05) is 37.7 Å². The van der Waals surface area contributed by atoms with Gasteiger partial charge in [0.2, 0.25) is 5.95 Å². The van der Waals surface area contributed by atoms with E-state index < -0.39 is 11.9 Å². The number of carbonyl (C=O) groups excluding carboxylic acids is 1. The highest BCUT2D eigenvalue weighted by Crippen LogP contribution is 2.55. The van der Waals surface area contributed by atoms with Gasteiger partial charge in [-0.2, -0.15) is 18.2 Å². The van der Waals surface area contributed by atoms with Crippen LogP contribution in [0.2, 0.25) is 0 Å². The lowest BCUT2D eigenvalue weighted by Crippen LogP contribution is -2.47. The number of alkyl halides is 3. The zero-order valence-corrected chi connectivity index (χ0v) is 15.9. The monoisotopic (exact) mass is 396 g/mol. The molecule has 3 aliphatic rings. The van der Waals surface area contributed by atoms with Crippen LogP contribution in [0.1, 0.15) is 31.0 Å². The number of methoxy groups -OCH3 is 1. The zero-order valence-electron chi connectivity index (χ0n) is 15.9. The Labute approximate surface area is 161 Å². The van der Waals surface area contributed by atoms with Crippen LogP contribution in [0.5, 0.6) is 0 Å². The Morgan fingerprint density at radius 2 is 2.00 bits per heavy atom. The third-order valence-corrected chi connectivity index (χ3v) is 6.26. The summed E-state index contributed by atoms with van der Waals surface area (Å²) in [5, 5.41) is 0. The average molecular weight is 396 g/mol. The van der Waals surface area contributed by atoms with Crippen molar-refractivity contribution in [2.24, 2.45) is 17.8 Å². The summed E-state index contributed by atoms with van der Waals surface area (Å²) in [5.74, 6) is 0.983. The van der Waals surface area contributed by atoms with E-state index in [1.807, 2.05) is 11.8 Å². The normalized spacial score (nSPS) is 28.6. The molecule has 0 aromatic carbocycles. The van der Waals surface area contributed by atoms with Gasteiger partial charge in [0.05, 0.1) is 7.11 Å². The van der Waals surface area contributed by atoms with Crippen LogP contribution in [0.4, 0.5) is 24.9 Å². The van der Waals surface area contributed by atoms with Gasteiger partial charge in [-0.3, -0.25) is 4.79 Å². The molecule has 1 saturated carbocycles. The molecule has 28 heavy (non-hydrogen) atoms. The van der Waals surface area contributed by atoms with Crippen LogP contribution in [0.3, 0.4) is 0 Å². The van der Waals surface area contributed by atoms with Crippen LogP contribution < -0.4 is 9.80 Å². The lowest BCUT2D eigenvalue weighted by molar-refractivity contribution is -0.142. The Bertz CT molecular complexity index is 801. The number of hydrogen-bond acceptors (Lipinski definition) is 6. The third-order valence-electron chi connectivity index (χ3n) is 6.26. The van der Waals surface area contributed by atoms with Crippen molar-refractivity contribution in [3.05, 3.63) is 17.8 Å².